The summed E-state index contributed by atoms with van der Waals surface area (Å²) in [6.07, 6.45) is 8.90. The molecule has 6 nitrogen and oxygen atoms in total. The summed E-state index contributed by atoms with van der Waals surface area (Å²) >= 11 is 13.0. The number of allylic oxidation sites excluding steroid dienone is 5. The van der Waals surface area contributed by atoms with Gasteiger partial charge in [0, 0.05) is 25.7 Å². The number of hydrogen-bond acceptors (Lipinski definition) is 5. The number of amides is 1. The van der Waals surface area contributed by atoms with Crippen LogP contribution >= 0.6 is 35.0 Å². The number of rotatable bonds is 6. The van der Waals surface area contributed by atoms with Crippen LogP contribution in [0.1, 0.15) is 41.0 Å². The number of nitrogens with two attached hydrogens (primary N) is 1. The third-order valence-corrected chi connectivity index (χ3v) is 6.01. The van der Waals surface area contributed by atoms with Gasteiger partial charge in [-0.25, -0.2) is 4.99 Å². The summed E-state index contributed by atoms with van der Waals surface area (Å²) in [5.74, 6) is -0.247. The van der Waals surface area contributed by atoms with Gasteiger partial charge in [0.25, 0.3) is 0 Å². The van der Waals surface area contributed by atoms with Gasteiger partial charge in [-0.1, -0.05) is 66.9 Å². The second kappa shape index (κ2) is 18.2. The van der Waals surface area contributed by atoms with Crippen LogP contribution in [0, 0.1) is 0 Å². The first-order valence-corrected chi connectivity index (χ1v) is 13.0. The van der Waals surface area contributed by atoms with Crippen molar-refractivity contribution >= 4 is 58.0 Å². The number of benzene rings is 1. The van der Waals surface area contributed by atoms with Crippen molar-refractivity contribution in [3.8, 4) is 0 Å². The van der Waals surface area contributed by atoms with Gasteiger partial charge in [0.2, 0.25) is 5.91 Å². The van der Waals surface area contributed by atoms with Crippen molar-refractivity contribution in [1.29, 1.82) is 0 Å². The molecule has 1 aromatic carbocycles. The van der Waals surface area contributed by atoms with Crippen LogP contribution in [0.3, 0.4) is 0 Å². The number of likely N-dealkylation sites (N-methyl/N-ethyl adjacent to an activating group) is 2. The summed E-state index contributed by atoms with van der Waals surface area (Å²) in [5, 5.41) is 0.757. The van der Waals surface area contributed by atoms with E-state index in [2.05, 4.69) is 29.8 Å². The maximum absolute atomic E-state index is 12.4. The second-order valence-electron chi connectivity index (χ2n) is 7.71. The predicted octanol–water partition coefficient (Wildman–Crippen LogP) is 6.47. The van der Waals surface area contributed by atoms with Gasteiger partial charge in [-0.05, 0) is 64.7 Å². The Morgan fingerprint density at radius 1 is 1.26 bits per heavy atom. The smallest absolute Gasteiger partial charge is 0.247 e. The number of aliphatic imine (C=N–C) groups is 1. The molecule has 1 heterocycles. The topological polar surface area (TPSA) is 79.0 Å². The minimum Gasteiger partial charge on any atom is -0.378 e. The molecule has 1 aliphatic rings. The maximum Gasteiger partial charge on any atom is 0.247 e. The lowest BCUT2D eigenvalue weighted by atomic mass is 10.2. The molecule has 0 aromatic heterocycles. The highest BCUT2D eigenvalue weighted by atomic mass is 35.5. The molecule has 0 saturated carbocycles. The molecule has 9 heteroatoms. The summed E-state index contributed by atoms with van der Waals surface area (Å²) in [4.78, 5) is 31.8. The third-order valence-electron chi connectivity index (χ3n) is 4.65. The first kappa shape index (κ1) is 32.9. The number of aldehydes is 1. The number of thioether (sulfide) groups is 1. The lowest BCUT2D eigenvalue weighted by Crippen LogP contribution is -2.37. The Labute approximate surface area is 224 Å². The molecule has 1 aromatic rings. The van der Waals surface area contributed by atoms with Gasteiger partial charge in [0.05, 0.1) is 15.0 Å². The number of carbonyl (C=O) groups excluding carboxylic acids is 2. The number of nitrogens with zero attached hydrogens (tertiary/aromatic N) is 3. The highest BCUT2D eigenvalue weighted by Gasteiger charge is 2.25. The molecule has 0 bridgehead atoms. The third kappa shape index (κ3) is 13.0. The van der Waals surface area contributed by atoms with Crippen LogP contribution in [-0.2, 0) is 9.59 Å². The number of para-hydroxylation sites is 1. The molecule has 0 radical (unpaired) electrons. The average molecular weight is 542 g/mol. The molecule has 194 valence electrons. The zero-order chi connectivity index (χ0) is 27.0. The van der Waals surface area contributed by atoms with E-state index in [1.807, 2.05) is 40.0 Å². The Balaban J connectivity index is 0.00000110. The number of likely N-dealkylation sites (tertiary alicyclic amines) is 1. The van der Waals surface area contributed by atoms with Gasteiger partial charge in [-0.2, -0.15) is 0 Å². The summed E-state index contributed by atoms with van der Waals surface area (Å²) in [7, 11) is 3.74. The van der Waals surface area contributed by atoms with Gasteiger partial charge in [0.1, 0.15) is 5.69 Å². The van der Waals surface area contributed by atoms with Crippen molar-refractivity contribution < 1.29 is 9.59 Å². The fraction of sp³-hybridized carbons (Fsp3) is 0.423. The molecule has 1 amide bonds. The minimum absolute atomic E-state index is 0.0643. The number of hydrogen-bond donors (Lipinski definition) is 1. The zero-order valence-electron chi connectivity index (χ0n) is 21.7. The van der Waals surface area contributed by atoms with Crippen molar-refractivity contribution in [2.24, 2.45) is 10.7 Å². The molecular formula is C26H38Cl2N4O2S. The van der Waals surface area contributed by atoms with Crippen LogP contribution in [0.15, 0.2) is 58.0 Å². The molecule has 35 heavy (non-hydrogen) atoms. The SMILES string of the molecule is C/C=C\C=C(C)C.CC.CN1CCC(N(C)C(=O)/C=C(/C=O)SC(N)=Nc2c(Cl)cccc2Cl)C1. The van der Waals surface area contributed by atoms with E-state index in [1.165, 1.54) is 11.6 Å². The Morgan fingerprint density at radius 2 is 1.86 bits per heavy atom. The van der Waals surface area contributed by atoms with Crippen molar-refractivity contribution in [3.05, 3.63) is 63.0 Å². The number of carbonyl (C=O) groups is 2. The van der Waals surface area contributed by atoms with E-state index in [0.29, 0.717) is 22.0 Å². The van der Waals surface area contributed by atoms with E-state index in [9.17, 15) is 9.59 Å². The number of halogens is 2. The van der Waals surface area contributed by atoms with Crippen LogP contribution in [0.4, 0.5) is 5.69 Å². The Kier molecular flexibility index (Phi) is 17.2. The zero-order valence-corrected chi connectivity index (χ0v) is 24.0. The highest BCUT2D eigenvalue weighted by molar-refractivity contribution is 8.17. The summed E-state index contributed by atoms with van der Waals surface area (Å²) in [6, 6.07) is 5.10. The molecule has 1 unspecified atom stereocenters. The average Bonchev–Trinajstić information content (AvgIpc) is 3.27. The molecule has 2 N–H and O–H groups in total. The standard InChI is InChI=1S/C17H20Cl2N4O2S.C7H12.C2H6/c1-22-7-6-11(9-22)23(2)15(25)8-12(10-24)26-17(20)21-16-13(18)4-3-5-14(16)19;1-4-5-6-7(2)3;1-2/h3-5,8,10-11H,6-7,9H2,1-2H3,(H2,20,21);4-6H,1-3H3;1-2H3/b12-8-;5-4-;. The summed E-state index contributed by atoms with van der Waals surface area (Å²) in [5.41, 5.74) is 7.54. The maximum atomic E-state index is 12.4. The predicted molar refractivity (Wildman–Crippen MR) is 154 cm³/mol. The molecule has 1 atom stereocenters. The Hall–Kier alpha value is -2.06. The van der Waals surface area contributed by atoms with E-state index >= 15 is 0 Å². The van der Waals surface area contributed by atoms with Crippen LogP contribution in [-0.4, -0.2) is 60.4 Å². The van der Waals surface area contributed by atoms with E-state index in [0.717, 1.165) is 31.3 Å². The lowest BCUT2D eigenvalue weighted by Gasteiger charge is -2.23. The van der Waals surface area contributed by atoms with Crippen molar-refractivity contribution in [2.75, 3.05) is 27.2 Å². The second-order valence-corrected chi connectivity index (χ2v) is 9.62. The van der Waals surface area contributed by atoms with E-state index in [4.69, 9.17) is 28.9 Å². The molecule has 1 aliphatic heterocycles. The van der Waals surface area contributed by atoms with E-state index in [-0.39, 0.29) is 22.0 Å². The fourth-order valence-corrected chi connectivity index (χ4v) is 3.93. The van der Waals surface area contributed by atoms with Crippen LogP contribution in [0.2, 0.25) is 10.0 Å². The van der Waals surface area contributed by atoms with Crippen LogP contribution < -0.4 is 5.73 Å². The van der Waals surface area contributed by atoms with Crippen molar-refractivity contribution in [1.82, 2.24) is 9.80 Å². The fourth-order valence-electron chi connectivity index (χ4n) is 2.86. The quantitative estimate of drug-likeness (QED) is 0.147. The molecule has 0 spiro atoms. The molecule has 0 aliphatic carbocycles. The monoisotopic (exact) mass is 540 g/mol. The number of amidine groups is 1. The first-order valence-electron chi connectivity index (χ1n) is 11.4. The van der Waals surface area contributed by atoms with E-state index in [1.54, 1.807) is 30.1 Å². The summed E-state index contributed by atoms with van der Waals surface area (Å²) < 4.78 is 0. The van der Waals surface area contributed by atoms with Crippen molar-refractivity contribution in [2.45, 2.75) is 47.1 Å². The van der Waals surface area contributed by atoms with Crippen molar-refractivity contribution in [3.63, 3.8) is 0 Å². The Morgan fingerprint density at radius 3 is 2.29 bits per heavy atom. The largest absolute Gasteiger partial charge is 0.378 e. The van der Waals surface area contributed by atoms with Gasteiger partial charge in [0.15, 0.2) is 11.5 Å². The molecular weight excluding hydrogens is 503 g/mol. The van der Waals surface area contributed by atoms with E-state index < -0.39 is 0 Å². The molecule has 1 fully saturated rings. The Bertz CT molecular complexity index is 921. The van der Waals surface area contributed by atoms with Gasteiger partial charge in [-0.3, -0.25) is 9.59 Å². The van der Waals surface area contributed by atoms with Crippen LogP contribution in [0.25, 0.3) is 0 Å². The lowest BCUT2D eigenvalue weighted by molar-refractivity contribution is -0.126. The summed E-state index contributed by atoms with van der Waals surface area (Å²) in [6.45, 7) is 11.9. The first-order chi connectivity index (χ1) is 16.6. The molecule has 2 rings (SSSR count). The normalized spacial score (nSPS) is 16.1. The van der Waals surface area contributed by atoms with Gasteiger partial charge < -0.3 is 15.5 Å². The highest BCUT2D eigenvalue weighted by Crippen LogP contribution is 2.33. The van der Waals surface area contributed by atoms with Gasteiger partial charge in [-0.15, -0.1) is 0 Å². The van der Waals surface area contributed by atoms with Gasteiger partial charge >= 0.3 is 0 Å². The van der Waals surface area contributed by atoms with Crippen LogP contribution in [0.5, 0.6) is 0 Å². The molecule has 1 saturated heterocycles. The minimum atomic E-state index is -0.247.